The zero-order valence-electron chi connectivity index (χ0n) is 16.4. The maximum absolute atomic E-state index is 12.8. The molecule has 0 spiro atoms. The number of aryl methyl sites for hydroxylation is 1. The standard InChI is InChI=1S/C24H22BrN3O/c1-16-7-3-4-8-20(16)24(29)26-17(2)23-27-21-9-5-6-10-22(21)28(23)15-18-11-13-19(25)14-12-18/h3-14,17H,15H2,1-2H3,(H,26,29). The van der Waals surface area contributed by atoms with Gasteiger partial charge < -0.3 is 9.88 Å². The Morgan fingerprint density at radius 1 is 1.03 bits per heavy atom. The van der Waals surface area contributed by atoms with Gasteiger partial charge in [-0.2, -0.15) is 0 Å². The molecule has 0 bridgehead atoms. The second-order valence-electron chi connectivity index (χ2n) is 7.18. The molecule has 1 amide bonds. The summed E-state index contributed by atoms with van der Waals surface area (Å²) in [6.07, 6.45) is 0. The van der Waals surface area contributed by atoms with Crippen LogP contribution in [0.15, 0.2) is 77.3 Å². The number of aromatic nitrogens is 2. The summed E-state index contributed by atoms with van der Waals surface area (Å²) in [5.74, 6) is 0.758. The highest BCUT2D eigenvalue weighted by Gasteiger charge is 2.20. The third kappa shape index (κ3) is 4.10. The lowest BCUT2D eigenvalue weighted by molar-refractivity contribution is 0.0937. The first-order valence-corrected chi connectivity index (χ1v) is 10.4. The van der Waals surface area contributed by atoms with Gasteiger partial charge in [0.2, 0.25) is 0 Å². The average Bonchev–Trinajstić information content (AvgIpc) is 3.08. The van der Waals surface area contributed by atoms with Gasteiger partial charge in [0.1, 0.15) is 5.82 Å². The van der Waals surface area contributed by atoms with Crippen molar-refractivity contribution in [3.05, 3.63) is 99.8 Å². The van der Waals surface area contributed by atoms with E-state index >= 15 is 0 Å². The third-order valence-corrected chi connectivity index (χ3v) is 5.59. The zero-order chi connectivity index (χ0) is 20.4. The number of hydrogen-bond donors (Lipinski definition) is 1. The van der Waals surface area contributed by atoms with Crippen LogP contribution in [0, 0.1) is 6.92 Å². The summed E-state index contributed by atoms with van der Waals surface area (Å²) >= 11 is 3.49. The molecule has 3 aromatic carbocycles. The Balaban J connectivity index is 1.68. The molecular formula is C24H22BrN3O. The SMILES string of the molecule is Cc1ccccc1C(=O)NC(C)c1nc2ccccc2n1Cc1ccc(Br)cc1. The molecule has 0 fully saturated rings. The molecule has 1 N–H and O–H groups in total. The second-order valence-corrected chi connectivity index (χ2v) is 8.10. The number of benzene rings is 3. The number of hydrogen-bond acceptors (Lipinski definition) is 2. The number of imidazole rings is 1. The van der Waals surface area contributed by atoms with Crippen LogP contribution in [0.4, 0.5) is 0 Å². The molecule has 4 aromatic rings. The van der Waals surface area contributed by atoms with Gasteiger partial charge in [-0.3, -0.25) is 4.79 Å². The maximum atomic E-state index is 12.8. The van der Waals surface area contributed by atoms with Crippen molar-refractivity contribution in [2.24, 2.45) is 0 Å². The largest absolute Gasteiger partial charge is 0.342 e. The molecule has 0 saturated heterocycles. The minimum Gasteiger partial charge on any atom is -0.342 e. The number of carbonyl (C=O) groups excluding carboxylic acids is 1. The van der Waals surface area contributed by atoms with Crippen LogP contribution in [-0.2, 0) is 6.54 Å². The van der Waals surface area contributed by atoms with Crippen molar-refractivity contribution in [1.29, 1.82) is 0 Å². The van der Waals surface area contributed by atoms with Gasteiger partial charge in [-0.25, -0.2) is 4.98 Å². The highest BCUT2D eigenvalue weighted by Crippen LogP contribution is 2.23. The van der Waals surface area contributed by atoms with E-state index in [1.165, 1.54) is 5.56 Å². The predicted octanol–water partition coefficient (Wildman–Crippen LogP) is 5.65. The smallest absolute Gasteiger partial charge is 0.252 e. The van der Waals surface area contributed by atoms with Gasteiger partial charge in [0.15, 0.2) is 0 Å². The number of nitrogens with one attached hydrogen (secondary N) is 1. The van der Waals surface area contributed by atoms with Gasteiger partial charge in [0, 0.05) is 16.6 Å². The predicted molar refractivity (Wildman–Crippen MR) is 120 cm³/mol. The number of para-hydroxylation sites is 2. The molecule has 5 heteroatoms. The molecular weight excluding hydrogens is 426 g/mol. The van der Waals surface area contributed by atoms with Crippen LogP contribution >= 0.6 is 15.9 Å². The van der Waals surface area contributed by atoms with Crippen molar-refractivity contribution in [3.8, 4) is 0 Å². The maximum Gasteiger partial charge on any atom is 0.252 e. The Labute approximate surface area is 178 Å². The molecule has 146 valence electrons. The molecule has 0 aliphatic rings. The number of carbonyl (C=O) groups is 1. The van der Waals surface area contributed by atoms with Crippen LogP contribution in [0.25, 0.3) is 11.0 Å². The fraction of sp³-hybridized carbons (Fsp3) is 0.167. The first-order chi connectivity index (χ1) is 14.0. The topological polar surface area (TPSA) is 46.9 Å². The lowest BCUT2D eigenvalue weighted by Crippen LogP contribution is -2.29. The Kier molecular flexibility index (Phi) is 5.49. The molecule has 1 heterocycles. The molecule has 1 aromatic heterocycles. The number of rotatable bonds is 5. The van der Waals surface area contributed by atoms with Crippen LogP contribution in [0.5, 0.6) is 0 Å². The fourth-order valence-electron chi connectivity index (χ4n) is 3.53. The van der Waals surface area contributed by atoms with Crippen LogP contribution < -0.4 is 5.32 Å². The molecule has 1 atom stereocenters. The van der Waals surface area contributed by atoms with Crippen LogP contribution in [0.2, 0.25) is 0 Å². The summed E-state index contributed by atoms with van der Waals surface area (Å²) in [6, 6.07) is 23.7. The molecule has 4 rings (SSSR count). The van der Waals surface area contributed by atoms with Crippen molar-refractivity contribution < 1.29 is 4.79 Å². The molecule has 0 aliphatic carbocycles. The van der Waals surface area contributed by atoms with E-state index in [2.05, 4.69) is 44.0 Å². The van der Waals surface area contributed by atoms with E-state index in [9.17, 15) is 4.79 Å². The van der Waals surface area contributed by atoms with Gasteiger partial charge in [0.05, 0.1) is 17.1 Å². The summed E-state index contributed by atoms with van der Waals surface area (Å²) in [4.78, 5) is 17.7. The van der Waals surface area contributed by atoms with Gasteiger partial charge in [-0.1, -0.05) is 58.4 Å². The number of fused-ring (bicyclic) bond motifs is 1. The average molecular weight is 448 g/mol. The molecule has 0 saturated carbocycles. The van der Waals surface area contributed by atoms with E-state index in [1.807, 2.05) is 68.4 Å². The third-order valence-electron chi connectivity index (χ3n) is 5.06. The van der Waals surface area contributed by atoms with Crippen LogP contribution in [0.1, 0.15) is 40.3 Å². The monoisotopic (exact) mass is 447 g/mol. The number of halogens is 1. The Morgan fingerprint density at radius 2 is 1.72 bits per heavy atom. The van der Waals surface area contributed by atoms with Crippen molar-refractivity contribution in [2.75, 3.05) is 0 Å². The Bertz CT molecular complexity index is 1160. The minimum atomic E-state index is -0.232. The summed E-state index contributed by atoms with van der Waals surface area (Å²) in [5.41, 5.74) is 4.81. The Hall–Kier alpha value is -2.92. The molecule has 29 heavy (non-hydrogen) atoms. The zero-order valence-corrected chi connectivity index (χ0v) is 18.0. The first-order valence-electron chi connectivity index (χ1n) is 9.59. The van der Waals surface area contributed by atoms with Gasteiger partial charge in [0.25, 0.3) is 5.91 Å². The van der Waals surface area contributed by atoms with Gasteiger partial charge in [-0.05, 0) is 55.3 Å². The summed E-state index contributed by atoms with van der Waals surface area (Å²) < 4.78 is 3.23. The highest BCUT2D eigenvalue weighted by atomic mass is 79.9. The van der Waals surface area contributed by atoms with E-state index in [0.29, 0.717) is 12.1 Å². The summed E-state index contributed by atoms with van der Waals surface area (Å²) in [7, 11) is 0. The molecule has 0 aliphatic heterocycles. The number of amides is 1. The second kappa shape index (κ2) is 8.21. The van der Waals surface area contributed by atoms with Crippen LogP contribution in [0.3, 0.4) is 0 Å². The van der Waals surface area contributed by atoms with E-state index in [1.54, 1.807) is 0 Å². The van der Waals surface area contributed by atoms with Crippen molar-refractivity contribution in [3.63, 3.8) is 0 Å². The van der Waals surface area contributed by atoms with Gasteiger partial charge >= 0.3 is 0 Å². The molecule has 1 unspecified atom stereocenters. The highest BCUT2D eigenvalue weighted by molar-refractivity contribution is 9.10. The quantitative estimate of drug-likeness (QED) is 0.429. The summed E-state index contributed by atoms with van der Waals surface area (Å²) in [6.45, 7) is 4.62. The Morgan fingerprint density at radius 3 is 2.48 bits per heavy atom. The normalized spacial score (nSPS) is 12.1. The lowest BCUT2D eigenvalue weighted by atomic mass is 10.1. The van der Waals surface area contributed by atoms with Gasteiger partial charge in [-0.15, -0.1) is 0 Å². The van der Waals surface area contributed by atoms with Crippen molar-refractivity contribution in [2.45, 2.75) is 26.4 Å². The van der Waals surface area contributed by atoms with Crippen LogP contribution in [-0.4, -0.2) is 15.5 Å². The fourth-order valence-corrected chi connectivity index (χ4v) is 3.79. The van der Waals surface area contributed by atoms with E-state index in [0.717, 1.165) is 26.9 Å². The van der Waals surface area contributed by atoms with E-state index in [4.69, 9.17) is 4.98 Å². The molecule has 4 nitrogen and oxygen atoms in total. The van der Waals surface area contributed by atoms with E-state index < -0.39 is 0 Å². The number of nitrogens with zero attached hydrogens (tertiary/aromatic N) is 2. The minimum absolute atomic E-state index is 0.0853. The van der Waals surface area contributed by atoms with E-state index in [-0.39, 0.29) is 11.9 Å². The van der Waals surface area contributed by atoms with Crippen molar-refractivity contribution in [1.82, 2.24) is 14.9 Å². The lowest BCUT2D eigenvalue weighted by Gasteiger charge is -2.17. The van der Waals surface area contributed by atoms with Crippen molar-refractivity contribution >= 4 is 32.9 Å². The molecule has 0 radical (unpaired) electrons. The summed E-state index contributed by atoms with van der Waals surface area (Å²) in [5, 5.41) is 3.12. The first kappa shape index (κ1) is 19.4.